The molecule has 0 spiro atoms. The lowest BCUT2D eigenvalue weighted by Crippen LogP contribution is -2.44. The Morgan fingerprint density at radius 2 is 2.17 bits per heavy atom. The lowest BCUT2D eigenvalue weighted by molar-refractivity contribution is 0.145. The molecule has 1 aliphatic heterocycles. The molecule has 130 valence electrons. The highest BCUT2D eigenvalue weighted by molar-refractivity contribution is 7.80. The van der Waals surface area contributed by atoms with E-state index in [2.05, 4.69) is 34.5 Å². The Hall–Kier alpha value is -1.24. The van der Waals surface area contributed by atoms with E-state index in [4.69, 9.17) is 21.9 Å². The molecule has 0 saturated carbocycles. The summed E-state index contributed by atoms with van der Waals surface area (Å²) in [5, 5.41) is 5.52. The number of hydrogen-bond acceptors (Lipinski definition) is 4. The molecule has 1 aliphatic rings. The van der Waals surface area contributed by atoms with E-state index in [9.17, 15) is 0 Å². The molecule has 1 saturated heterocycles. The first kappa shape index (κ1) is 17.6. The van der Waals surface area contributed by atoms with Crippen molar-refractivity contribution in [3.05, 3.63) is 29.3 Å². The lowest BCUT2D eigenvalue weighted by atomic mass is 9.98. The number of piperidine rings is 1. The second-order valence-corrected chi connectivity index (χ2v) is 7.51. The smallest absolute Gasteiger partial charge is 0.168 e. The number of benzene rings is 1. The summed E-state index contributed by atoms with van der Waals surface area (Å²) in [5.74, 6) is 0.569. The van der Waals surface area contributed by atoms with Crippen LogP contribution in [0.5, 0.6) is 0 Å². The molecule has 1 aromatic carbocycles. The van der Waals surface area contributed by atoms with Gasteiger partial charge in [0, 0.05) is 38.8 Å². The topological polar surface area (TPSA) is 37.4 Å². The van der Waals surface area contributed by atoms with Crippen LogP contribution < -0.4 is 5.32 Å². The maximum absolute atomic E-state index is 5.52. The van der Waals surface area contributed by atoms with Crippen LogP contribution >= 0.6 is 23.6 Å². The Labute approximate surface area is 153 Å². The van der Waals surface area contributed by atoms with Crippen molar-refractivity contribution in [1.29, 1.82) is 0 Å². The van der Waals surface area contributed by atoms with Gasteiger partial charge in [0.05, 0.1) is 15.2 Å². The molecule has 6 heteroatoms. The van der Waals surface area contributed by atoms with E-state index in [1.54, 1.807) is 0 Å². The Bertz CT molecular complexity index is 632. The standard InChI is InChI=1S/C18H25N3OS2/c1-2-22-13-5-10-19-18(23)21-11-8-14(9-12-21)17-20-15-6-3-4-7-16(15)24-17/h3-4,6-7,14H,2,5,8-13H2,1H3,(H,19,23). The number of rotatable bonds is 6. The summed E-state index contributed by atoms with van der Waals surface area (Å²) in [6.07, 6.45) is 3.25. The van der Waals surface area contributed by atoms with Crippen molar-refractivity contribution >= 4 is 38.9 Å². The van der Waals surface area contributed by atoms with Gasteiger partial charge in [-0.1, -0.05) is 12.1 Å². The molecule has 0 amide bonds. The van der Waals surface area contributed by atoms with Gasteiger partial charge in [-0.25, -0.2) is 4.98 Å². The molecular weight excluding hydrogens is 338 g/mol. The number of ether oxygens (including phenoxy) is 1. The van der Waals surface area contributed by atoms with Gasteiger partial charge >= 0.3 is 0 Å². The van der Waals surface area contributed by atoms with Gasteiger partial charge in [-0.3, -0.25) is 0 Å². The zero-order valence-electron chi connectivity index (χ0n) is 14.2. The van der Waals surface area contributed by atoms with Gasteiger partial charge in [-0.2, -0.15) is 0 Å². The minimum absolute atomic E-state index is 0.569. The van der Waals surface area contributed by atoms with Gasteiger partial charge in [0.25, 0.3) is 0 Å². The minimum atomic E-state index is 0.569. The quantitative estimate of drug-likeness (QED) is 0.624. The van der Waals surface area contributed by atoms with Gasteiger partial charge < -0.3 is 15.0 Å². The van der Waals surface area contributed by atoms with Crippen LogP contribution in [0.4, 0.5) is 0 Å². The van der Waals surface area contributed by atoms with E-state index in [1.165, 1.54) is 9.71 Å². The minimum Gasteiger partial charge on any atom is -0.382 e. The van der Waals surface area contributed by atoms with Crippen molar-refractivity contribution in [3.63, 3.8) is 0 Å². The predicted octanol–water partition coefficient (Wildman–Crippen LogP) is 3.78. The summed E-state index contributed by atoms with van der Waals surface area (Å²) >= 11 is 7.36. The van der Waals surface area contributed by atoms with Crippen LogP contribution in [0.15, 0.2) is 24.3 Å². The normalized spacial score (nSPS) is 15.8. The van der Waals surface area contributed by atoms with Crippen LogP contribution in [0, 0.1) is 0 Å². The summed E-state index contributed by atoms with van der Waals surface area (Å²) < 4.78 is 6.64. The molecule has 0 radical (unpaired) electrons. The molecule has 0 bridgehead atoms. The van der Waals surface area contributed by atoms with Crippen molar-refractivity contribution in [2.75, 3.05) is 32.8 Å². The Morgan fingerprint density at radius 1 is 1.38 bits per heavy atom. The third-order valence-electron chi connectivity index (χ3n) is 4.39. The van der Waals surface area contributed by atoms with Crippen molar-refractivity contribution in [2.45, 2.75) is 32.1 Å². The molecule has 4 nitrogen and oxygen atoms in total. The number of thiazole rings is 1. The molecule has 0 unspecified atom stereocenters. The number of hydrogen-bond donors (Lipinski definition) is 1. The molecule has 1 fully saturated rings. The van der Waals surface area contributed by atoms with Crippen LogP contribution in [-0.4, -0.2) is 47.8 Å². The largest absolute Gasteiger partial charge is 0.382 e. The van der Waals surface area contributed by atoms with Crippen LogP contribution in [0.2, 0.25) is 0 Å². The monoisotopic (exact) mass is 363 g/mol. The second-order valence-electron chi connectivity index (χ2n) is 6.06. The number of nitrogens with zero attached hydrogens (tertiary/aromatic N) is 2. The number of para-hydroxylation sites is 1. The van der Waals surface area contributed by atoms with Crippen LogP contribution in [-0.2, 0) is 4.74 Å². The van der Waals surface area contributed by atoms with Crippen molar-refractivity contribution in [2.24, 2.45) is 0 Å². The summed E-state index contributed by atoms with van der Waals surface area (Å²) in [7, 11) is 0. The molecule has 24 heavy (non-hydrogen) atoms. The van der Waals surface area contributed by atoms with Crippen LogP contribution in [0.1, 0.15) is 37.1 Å². The highest BCUT2D eigenvalue weighted by Gasteiger charge is 2.24. The molecule has 0 aliphatic carbocycles. The fourth-order valence-corrected chi connectivity index (χ4v) is 4.44. The number of nitrogens with one attached hydrogen (secondary N) is 1. The maximum atomic E-state index is 5.52. The second kappa shape index (κ2) is 8.74. The predicted molar refractivity (Wildman–Crippen MR) is 105 cm³/mol. The first-order valence-corrected chi connectivity index (χ1v) is 9.96. The van der Waals surface area contributed by atoms with E-state index in [-0.39, 0.29) is 0 Å². The van der Waals surface area contributed by atoms with Crippen molar-refractivity contribution in [1.82, 2.24) is 15.2 Å². The molecular formula is C18H25N3OS2. The Morgan fingerprint density at radius 3 is 2.92 bits per heavy atom. The number of likely N-dealkylation sites (tertiary alicyclic amines) is 1. The molecule has 1 aromatic heterocycles. The van der Waals surface area contributed by atoms with Gasteiger partial charge in [-0.15, -0.1) is 11.3 Å². The fourth-order valence-electron chi connectivity index (χ4n) is 3.02. The SMILES string of the molecule is CCOCCCNC(=S)N1CCC(c2nc3ccccc3s2)CC1. The number of aromatic nitrogens is 1. The van der Waals surface area contributed by atoms with E-state index in [0.29, 0.717) is 5.92 Å². The van der Waals surface area contributed by atoms with Gasteiger partial charge in [0.2, 0.25) is 0 Å². The summed E-state index contributed by atoms with van der Waals surface area (Å²) in [5.41, 5.74) is 1.13. The van der Waals surface area contributed by atoms with Gasteiger partial charge in [-0.05, 0) is 50.5 Å². The molecule has 3 rings (SSSR count). The van der Waals surface area contributed by atoms with Crippen LogP contribution in [0.25, 0.3) is 10.2 Å². The number of thiocarbonyl (C=S) groups is 1. The fraction of sp³-hybridized carbons (Fsp3) is 0.556. The van der Waals surface area contributed by atoms with Gasteiger partial charge in [0.15, 0.2) is 5.11 Å². The molecule has 1 N–H and O–H groups in total. The highest BCUT2D eigenvalue weighted by Crippen LogP contribution is 2.33. The summed E-state index contributed by atoms with van der Waals surface area (Å²) in [6.45, 7) is 6.51. The molecule has 2 heterocycles. The number of fused-ring (bicyclic) bond motifs is 1. The summed E-state index contributed by atoms with van der Waals surface area (Å²) in [4.78, 5) is 7.11. The van der Waals surface area contributed by atoms with Gasteiger partial charge in [0.1, 0.15) is 0 Å². The third-order valence-corrected chi connectivity index (χ3v) is 5.99. The van der Waals surface area contributed by atoms with E-state index < -0.39 is 0 Å². The first-order valence-electron chi connectivity index (χ1n) is 8.74. The maximum Gasteiger partial charge on any atom is 0.168 e. The zero-order valence-corrected chi connectivity index (χ0v) is 15.8. The van der Waals surface area contributed by atoms with Crippen LogP contribution in [0.3, 0.4) is 0 Å². The zero-order chi connectivity index (χ0) is 16.8. The Kier molecular flexibility index (Phi) is 6.40. The van der Waals surface area contributed by atoms with E-state index >= 15 is 0 Å². The average Bonchev–Trinajstić information content (AvgIpc) is 3.05. The average molecular weight is 364 g/mol. The first-order chi connectivity index (χ1) is 11.8. The molecule has 2 aromatic rings. The lowest BCUT2D eigenvalue weighted by Gasteiger charge is -2.33. The Balaban J connectivity index is 1.46. The molecule has 0 atom stereocenters. The summed E-state index contributed by atoms with van der Waals surface area (Å²) in [6, 6.07) is 8.41. The third kappa shape index (κ3) is 4.43. The van der Waals surface area contributed by atoms with Crippen molar-refractivity contribution < 1.29 is 4.74 Å². The van der Waals surface area contributed by atoms with Crippen molar-refractivity contribution in [3.8, 4) is 0 Å². The van der Waals surface area contributed by atoms with E-state index in [1.807, 2.05) is 18.3 Å². The highest BCUT2D eigenvalue weighted by atomic mass is 32.1. The van der Waals surface area contributed by atoms with E-state index in [0.717, 1.165) is 62.7 Å².